The number of aromatic nitrogens is 4. The van der Waals surface area contributed by atoms with Gasteiger partial charge in [-0.15, -0.1) is 0 Å². The standard InChI is InChI=1S/C58H63N9O7S/c1-35-40(41-20-22-50(60-53(41)56(71)72)67-27-25-37-8-6-10-42(45(37)33-67)54(69)62-57-59-46-11-4-5-13-49(46)75-57)9-7-12-48(35)74-39-17-14-36(15-18-39)24-26-58(2,73)34-65-28-30-66(31-29-65)38-16-19-43-47(32-38)64(3)63-52(43)44-21-23-51(68)61-55(44)70/h4-13,16,19-20,22,32,36,39,44,73H,14-15,17-18,21,23-31,33-34H2,1-3H3,(H,71,72)(H,59,62,69)(H,61,68,70)/t36?,39?,44?,58-/m1/s1. The zero-order valence-corrected chi connectivity index (χ0v) is 43.5. The van der Waals surface area contributed by atoms with Crippen molar-refractivity contribution in [2.75, 3.05) is 54.4 Å². The number of anilines is 3. The molecule has 388 valence electrons. The molecule has 7 aromatic rings. The predicted octanol–water partition coefficient (Wildman–Crippen LogP) is 8.88. The molecule has 17 heteroatoms. The van der Waals surface area contributed by atoms with E-state index < -0.39 is 17.5 Å². The third-order valence-corrected chi connectivity index (χ3v) is 16.9. The van der Waals surface area contributed by atoms with Crippen LogP contribution in [-0.2, 0) is 29.6 Å². The molecular weight excluding hydrogens is 967 g/mol. The quantitative estimate of drug-likeness (QED) is 0.0755. The van der Waals surface area contributed by atoms with E-state index in [0.29, 0.717) is 66.9 Å². The number of nitrogens with one attached hydrogen (secondary N) is 2. The summed E-state index contributed by atoms with van der Waals surface area (Å²) in [5.41, 5.74) is 7.42. The fourth-order valence-electron chi connectivity index (χ4n) is 11.8. The molecule has 2 atom stereocenters. The summed E-state index contributed by atoms with van der Waals surface area (Å²) in [7, 11) is 1.89. The van der Waals surface area contributed by atoms with Crippen molar-refractivity contribution in [1.82, 2.24) is 30.0 Å². The van der Waals surface area contributed by atoms with Crippen LogP contribution in [0.15, 0.2) is 91.0 Å². The molecular formula is C58H63N9O7S. The van der Waals surface area contributed by atoms with Gasteiger partial charge >= 0.3 is 5.97 Å². The number of para-hydroxylation sites is 1. The number of aliphatic hydroxyl groups is 1. The number of aromatic carboxylic acids is 1. The van der Waals surface area contributed by atoms with Crippen LogP contribution in [0.25, 0.3) is 32.2 Å². The average molecular weight is 1030 g/mol. The van der Waals surface area contributed by atoms with Crippen molar-refractivity contribution in [2.45, 2.75) is 95.8 Å². The number of amides is 3. The summed E-state index contributed by atoms with van der Waals surface area (Å²) in [6.07, 6.45) is 7.01. The third kappa shape index (κ3) is 10.6. The fraction of sp³-hybridized carbons (Fsp3) is 0.397. The number of carbonyl (C=O) groups excluding carboxylic acids is 3. The van der Waals surface area contributed by atoms with E-state index in [9.17, 15) is 29.4 Å². The molecule has 11 rings (SSSR count). The maximum Gasteiger partial charge on any atom is 0.355 e. The molecule has 3 fully saturated rings. The highest BCUT2D eigenvalue weighted by Gasteiger charge is 2.34. The van der Waals surface area contributed by atoms with Crippen molar-refractivity contribution >= 4 is 72.8 Å². The molecule has 1 unspecified atom stereocenters. The van der Waals surface area contributed by atoms with Crippen LogP contribution in [0.5, 0.6) is 5.75 Å². The van der Waals surface area contributed by atoms with Crippen LogP contribution in [0, 0.1) is 12.8 Å². The average Bonchev–Trinajstić information content (AvgIpc) is 3.98. The second-order valence-electron chi connectivity index (χ2n) is 21.1. The van der Waals surface area contributed by atoms with Crippen molar-refractivity contribution in [3.05, 3.63) is 125 Å². The number of thiazole rings is 1. The van der Waals surface area contributed by atoms with Gasteiger partial charge in [-0.25, -0.2) is 14.8 Å². The van der Waals surface area contributed by atoms with Gasteiger partial charge in [0.2, 0.25) is 11.8 Å². The highest BCUT2D eigenvalue weighted by molar-refractivity contribution is 7.22. The van der Waals surface area contributed by atoms with E-state index in [1.165, 1.54) is 11.3 Å². The van der Waals surface area contributed by atoms with E-state index in [0.717, 1.165) is 125 Å². The Bertz CT molecular complexity index is 3300. The van der Waals surface area contributed by atoms with Gasteiger partial charge < -0.3 is 24.7 Å². The van der Waals surface area contributed by atoms with Crippen molar-refractivity contribution < 1.29 is 34.1 Å². The van der Waals surface area contributed by atoms with Gasteiger partial charge in [-0.05, 0) is 148 Å². The van der Waals surface area contributed by atoms with E-state index in [-0.39, 0.29) is 29.5 Å². The lowest BCUT2D eigenvalue weighted by molar-refractivity contribution is -0.134. The van der Waals surface area contributed by atoms with Crippen LogP contribution >= 0.6 is 11.3 Å². The van der Waals surface area contributed by atoms with E-state index in [1.807, 2.05) is 109 Å². The zero-order valence-electron chi connectivity index (χ0n) is 42.7. The number of hydrogen-bond donors (Lipinski definition) is 4. The second kappa shape index (κ2) is 20.8. The molecule has 3 aliphatic heterocycles. The van der Waals surface area contributed by atoms with Gasteiger partial charge in [0.15, 0.2) is 10.8 Å². The topological polar surface area (TPSA) is 195 Å². The molecule has 16 nitrogen and oxygen atoms in total. The lowest BCUT2D eigenvalue weighted by atomic mass is 9.82. The number of nitrogens with zero attached hydrogens (tertiary/aromatic N) is 7. The number of aryl methyl sites for hydroxylation is 1. The van der Waals surface area contributed by atoms with E-state index >= 15 is 0 Å². The largest absolute Gasteiger partial charge is 0.490 e. The lowest BCUT2D eigenvalue weighted by Gasteiger charge is -2.39. The molecule has 3 aromatic heterocycles. The van der Waals surface area contributed by atoms with Crippen molar-refractivity contribution in [2.24, 2.45) is 13.0 Å². The van der Waals surface area contributed by atoms with Crippen LogP contribution in [0.4, 0.5) is 16.6 Å². The van der Waals surface area contributed by atoms with Crippen molar-refractivity contribution in [3.63, 3.8) is 0 Å². The molecule has 0 spiro atoms. The first-order valence-corrected chi connectivity index (χ1v) is 27.1. The monoisotopic (exact) mass is 1030 g/mol. The number of carboxylic acid groups (broad SMARTS) is 1. The Morgan fingerprint density at radius 3 is 2.45 bits per heavy atom. The molecule has 4 aromatic carbocycles. The Hall–Kier alpha value is -7.21. The number of ether oxygens (including phenoxy) is 1. The number of rotatable bonds is 14. The minimum atomic E-state index is -1.12. The minimum Gasteiger partial charge on any atom is -0.490 e. The Morgan fingerprint density at radius 1 is 0.867 bits per heavy atom. The van der Waals surface area contributed by atoms with Crippen LogP contribution in [0.2, 0.25) is 0 Å². The highest BCUT2D eigenvalue weighted by atomic mass is 32.1. The summed E-state index contributed by atoms with van der Waals surface area (Å²) in [4.78, 5) is 67.1. The van der Waals surface area contributed by atoms with Gasteiger partial charge in [-0.1, -0.05) is 47.7 Å². The Morgan fingerprint density at radius 2 is 1.67 bits per heavy atom. The molecule has 0 bridgehead atoms. The number of pyridine rings is 1. The highest BCUT2D eigenvalue weighted by Crippen LogP contribution is 2.39. The summed E-state index contributed by atoms with van der Waals surface area (Å²) < 4.78 is 9.50. The van der Waals surface area contributed by atoms with E-state index in [4.69, 9.17) is 14.8 Å². The van der Waals surface area contributed by atoms with E-state index in [1.54, 1.807) is 0 Å². The SMILES string of the molecule is Cc1c(OC2CCC(CC[C@@](C)(O)CN3CCN(c4ccc5c(C6CCC(=O)NC6=O)nn(C)c5c4)CC3)CC2)cccc1-c1ccc(N2CCc3cccc(C(=O)Nc4nc5ccccc5s4)c3C2)nc1C(=O)O. The van der Waals surface area contributed by atoms with Gasteiger partial charge in [-0.3, -0.25) is 34.6 Å². The van der Waals surface area contributed by atoms with E-state index in [2.05, 4.69) is 37.6 Å². The molecule has 4 aliphatic rings. The van der Waals surface area contributed by atoms with Crippen LogP contribution in [0.1, 0.15) is 107 Å². The van der Waals surface area contributed by atoms with Crippen molar-refractivity contribution in [3.8, 4) is 16.9 Å². The smallest absolute Gasteiger partial charge is 0.355 e. The molecule has 4 N–H and O–H groups in total. The third-order valence-electron chi connectivity index (χ3n) is 15.9. The minimum absolute atomic E-state index is 0.0348. The molecule has 1 saturated carbocycles. The van der Waals surface area contributed by atoms with Gasteiger partial charge in [0.1, 0.15) is 11.6 Å². The first kappa shape index (κ1) is 50.0. The van der Waals surface area contributed by atoms with Gasteiger partial charge in [0.25, 0.3) is 5.91 Å². The lowest BCUT2D eigenvalue weighted by Crippen LogP contribution is -2.51. The number of fused-ring (bicyclic) bond motifs is 3. The van der Waals surface area contributed by atoms with Gasteiger partial charge in [-0.2, -0.15) is 5.10 Å². The molecule has 0 radical (unpaired) electrons. The van der Waals surface area contributed by atoms with Crippen molar-refractivity contribution in [1.29, 1.82) is 0 Å². The number of hydrogen-bond acceptors (Lipinski definition) is 13. The molecule has 6 heterocycles. The Labute approximate surface area is 439 Å². The molecule has 75 heavy (non-hydrogen) atoms. The fourth-order valence-corrected chi connectivity index (χ4v) is 12.6. The number of carboxylic acids is 1. The maximum absolute atomic E-state index is 13.7. The van der Waals surface area contributed by atoms with Gasteiger partial charge in [0, 0.05) is 81.5 Å². The number of carbonyl (C=O) groups is 4. The summed E-state index contributed by atoms with van der Waals surface area (Å²) in [6.45, 7) is 8.94. The maximum atomic E-state index is 13.7. The van der Waals surface area contributed by atoms with Gasteiger partial charge in [0.05, 0.1) is 39.1 Å². The first-order valence-electron chi connectivity index (χ1n) is 26.3. The molecule has 2 saturated heterocycles. The summed E-state index contributed by atoms with van der Waals surface area (Å²) in [5, 5.41) is 33.8. The Balaban J connectivity index is 0.665. The normalized spacial score (nSPS) is 20.2. The number of benzene rings is 4. The Kier molecular flexibility index (Phi) is 13.9. The summed E-state index contributed by atoms with van der Waals surface area (Å²) >= 11 is 1.43. The number of piperidine rings is 1. The summed E-state index contributed by atoms with van der Waals surface area (Å²) in [6, 6.07) is 29.3. The van der Waals surface area contributed by atoms with Crippen LogP contribution in [0.3, 0.4) is 0 Å². The van der Waals surface area contributed by atoms with Crippen LogP contribution in [-0.4, -0.2) is 110 Å². The first-order chi connectivity index (χ1) is 36.2. The van der Waals surface area contributed by atoms with Crippen LogP contribution < -0.4 is 25.2 Å². The molecule has 3 amide bonds. The second-order valence-corrected chi connectivity index (χ2v) is 22.2. The predicted molar refractivity (Wildman–Crippen MR) is 291 cm³/mol. The number of piperazine rings is 1. The number of β-amino-alcohol motifs (C(OH)–C–C–N with tert-alkyl or cyclic N) is 1. The molecule has 1 aliphatic carbocycles. The zero-order chi connectivity index (χ0) is 52.0. The number of imide groups is 1. The summed E-state index contributed by atoms with van der Waals surface area (Å²) in [5.74, 6) is -0.529.